The quantitative estimate of drug-likeness (QED) is 0.0515. The van der Waals surface area contributed by atoms with Gasteiger partial charge in [-0.15, -0.1) is 69.6 Å². The van der Waals surface area contributed by atoms with Gasteiger partial charge in [-0.1, -0.05) is 24.3 Å². The summed E-state index contributed by atoms with van der Waals surface area (Å²) >= 11 is 34.5. The van der Waals surface area contributed by atoms with Crippen LogP contribution in [0.25, 0.3) is 0 Å². The van der Waals surface area contributed by atoms with Crippen molar-refractivity contribution >= 4 is 135 Å². The topological polar surface area (TPSA) is 318 Å². The monoisotopic (exact) mass is 1880 g/mol. The normalized spacial score (nSPS) is 20.4. The first-order valence-corrected chi connectivity index (χ1v) is 48.1. The number of rotatable bonds is 22. The van der Waals surface area contributed by atoms with Crippen molar-refractivity contribution in [3.05, 3.63) is 46.6 Å². The Kier molecular flexibility index (Phi) is 45.3. The van der Waals surface area contributed by atoms with Crippen LogP contribution < -0.4 is 16.0 Å². The Labute approximate surface area is 771 Å². The van der Waals surface area contributed by atoms with Crippen LogP contribution in [0, 0.1) is 0 Å². The van der Waals surface area contributed by atoms with Crippen molar-refractivity contribution in [2.75, 3.05) is 168 Å². The van der Waals surface area contributed by atoms with Gasteiger partial charge in [-0.3, -0.25) is 28.8 Å². The van der Waals surface area contributed by atoms with Gasteiger partial charge in [0.15, 0.2) is 0 Å². The molecule has 12 aliphatic rings. The van der Waals surface area contributed by atoms with Crippen LogP contribution >= 0.6 is 69.6 Å². The molecule has 0 aromatic carbocycles. The van der Waals surface area contributed by atoms with Crippen molar-refractivity contribution in [2.45, 2.75) is 281 Å². The molecule has 2 saturated carbocycles. The van der Waals surface area contributed by atoms with Gasteiger partial charge in [0.05, 0.1) is 14.2 Å². The third-order valence-corrected chi connectivity index (χ3v) is 25.1. The number of allylic oxidation sites excluding steroid dienone is 4. The number of halogens is 6. The predicted molar refractivity (Wildman–Crippen MR) is 485 cm³/mol. The van der Waals surface area contributed by atoms with E-state index in [0.717, 1.165) is 166 Å². The number of carbonyl (C=O) groups excluding carboxylic acids is 11. The maximum Gasteiger partial charge on any atom is 0.410 e. The summed E-state index contributed by atoms with van der Waals surface area (Å²) in [6, 6.07) is 2.77. The van der Waals surface area contributed by atoms with Crippen molar-refractivity contribution in [1.82, 2.24) is 60.0 Å². The SMILES string of the molecule is CC(C)(C)OC(=O)N1CCC(N(C(=O)CCl)C2CC2)CC1.CC(C)(C)OC(=O)N1CCC(N(C(=O)CCl)C2CCOCC2)CC1.COC(=O)C1=CC=C(CN(C(=O)CCl)C2CCN(C(=O)OC(C)(C)C)CC2)C1.COC(=O)C1=CC=C(CN(C(=O)CCl)C2CCNCC2)C1.O=C(CCl)N(C1CCNCC1)C1CC1.O=C(CCl)N(C1CCNCC1)C1CCOCC1. The van der Waals surface area contributed by atoms with Crippen molar-refractivity contribution in [2.24, 2.45) is 0 Å². The number of amides is 9. The number of nitrogens with one attached hydrogen (secondary N) is 3. The zero-order valence-electron chi connectivity index (χ0n) is 75.8. The molecule has 0 bridgehead atoms. The molecule has 708 valence electrons. The molecule has 0 atom stereocenters. The molecule has 9 amide bonds. The maximum absolute atomic E-state index is 12.4. The highest BCUT2D eigenvalue weighted by atomic mass is 35.5. The van der Waals surface area contributed by atoms with E-state index in [4.69, 9.17) is 103 Å². The summed E-state index contributed by atoms with van der Waals surface area (Å²) in [6.07, 6.45) is 26.1. The van der Waals surface area contributed by atoms with E-state index in [0.29, 0.717) is 133 Å². The molecule has 12 rings (SSSR count). The molecule has 3 N–H and O–H groups in total. The van der Waals surface area contributed by atoms with Crippen molar-refractivity contribution in [3.8, 4) is 0 Å². The molecule has 30 nitrogen and oxygen atoms in total. The number of likely N-dealkylation sites (tertiary alicyclic amines) is 3. The molecule has 0 unspecified atom stereocenters. The van der Waals surface area contributed by atoms with Crippen LogP contribution in [0.4, 0.5) is 14.4 Å². The van der Waals surface area contributed by atoms with Crippen LogP contribution in [0.15, 0.2) is 46.6 Å². The molecule has 0 aromatic rings. The molecular formula is C89H142Cl6N12O18. The van der Waals surface area contributed by atoms with Crippen LogP contribution in [0.1, 0.15) is 204 Å². The fourth-order valence-corrected chi connectivity index (χ4v) is 18.2. The molecule has 0 radical (unpaired) electrons. The Bertz CT molecular complexity index is 3570. The van der Waals surface area contributed by atoms with Crippen molar-refractivity contribution in [1.29, 1.82) is 0 Å². The lowest BCUT2D eigenvalue weighted by atomic mass is 9.98. The second-order valence-corrected chi connectivity index (χ2v) is 38.2. The molecular weight excluding hydrogens is 1740 g/mol. The summed E-state index contributed by atoms with van der Waals surface area (Å²) in [7, 11) is 2.72. The Morgan fingerprint density at radius 1 is 0.328 bits per heavy atom. The number of carbonyl (C=O) groups is 11. The summed E-state index contributed by atoms with van der Waals surface area (Å²) in [5.74, 6) is -0.452. The third kappa shape index (κ3) is 35.7. The Hall–Kier alpha value is -5.93. The lowest BCUT2D eigenvalue weighted by Gasteiger charge is -2.43. The van der Waals surface area contributed by atoms with Gasteiger partial charge >= 0.3 is 30.2 Å². The van der Waals surface area contributed by atoms with Crippen LogP contribution in [0.5, 0.6) is 0 Å². The van der Waals surface area contributed by atoms with Gasteiger partial charge in [0, 0.05) is 163 Å². The third-order valence-electron chi connectivity index (χ3n) is 23.8. The first-order valence-electron chi connectivity index (χ1n) is 44.9. The molecule has 8 aliphatic heterocycles. The number of hydrogen-bond acceptors (Lipinski definition) is 21. The number of ether oxygens (including phenoxy) is 7. The van der Waals surface area contributed by atoms with Gasteiger partial charge < -0.3 is 93.2 Å². The second kappa shape index (κ2) is 53.4. The molecule has 0 aromatic heterocycles. The van der Waals surface area contributed by atoms with E-state index in [-0.39, 0.29) is 131 Å². The molecule has 125 heavy (non-hydrogen) atoms. The highest BCUT2D eigenvalue weighted by molar-refractivity contribution is 6.29. The molecule has 8 heterocycles. The van der Waals surface area contributed by atoms with Gasteiger partial charge in [0.1, 0.15) is 52.1 Å². The zero-order valence-corrected chi connectivity index (χ0v) is 80.3. The van der Waals surface area contributed by atoms with Crippen LogP contribution in [0.3, 0.4) is 0 Å². The number of esters is 2. The van der Waals surface area contributed by atoms with E-state index in [1.54, 1.807) is 31.8 Å². The highest BCUT2D eigenvalue weighted by Gasteiger charge is 2.43. The molecule has 8 saturated heterocycles. The number of nitrogens with zero attached hydrogens (tertiary/aromatic N) is 9. The minimum Gasteiger partial charge on any atom is -0.466 e. The van der Waals surface area contributed by atoms with Gasteiger partial charge in [0.25, 0.3) is 0 Å². The first kappa shape index (κ1) is 106. The van der Waals surface area contributed by atoms with Crippen molar-refractivity contribution < 1.29 is 85.9 Å². The lowest BCUT2D eigenvalue weighted by molar-refractivity contribution is -0.137. The fourth-order valence-electron chi connectivity index (χ4n) is 17.4. The van der Waals surface area contributed by atoms with Crippen molar-refractivity contribution in [3.63, 3.8) is 0 Å². The molecule has 0 spiro atoms. The van der Waals surface area contributed by atoms with Gasteiger partial charge in [-0.25, -0.2) is 24.0 Å². The Morgan fingerprint density at radius 2 is 0.552 bits per heavy atom. The highest BCUT2D eigenvalue weighted by Crippen LogP contribution is 2.35. The molecule has 36 heteroatoms. The van der Waals surface area contributed by atoms with Gasteiger partial charge in [0.2, 0.25) is 35.4 Å². The van der Waals surface area contributed by atoms with E-state index in [2.05, 4.69) is 20.9 Å². The summed E-state index contributed by atoms with van der Waals surface area (Å²) < 4.78 is 36.5. The fraction of sp³-hybridized carbons (Fsp3) is 0.787. The standard InChI is InChI=1S/C20H29ClN2O5.C17H29ClN2O4.C15H25ClN2O3.C15H21ClN2O3.C12H21ClN2O2.C10H17ClN2O/c1-20(2,3)28-19(26)22-9-7-16(8-10-22)23(17(24)12-21)13-14-5-6-15(11-14)18(25)27-4;1-17(2,3)24-16(22)19-8-4-13(5-9-19)20(15(21)12-18)14-6-10-23-11-7-14;1-15(2,3)21-14(20)17-8-6-12(7-9-17)18(11-4-5-11)13(19)10-16;1-21-15(20)12-3-2-11(8-12)10-18(14(19)9-16)13-4-6-17-7-5-13;13-9-12(16)15(10-1-5-14-6-2-10)11-3-7-17-8-4-11;11-7-10(14)13(8-1-2-8)9-3-5-12-6-4-9/h5-6,16H,7-13H2,1-4H3;13-14H,4-12H2,1-3H3;11-12H,4-10H2,1-3H3;2-3,13,17H,4-10H2,1H3;10-11,14H,1-9H2;8-9,12H,1-7H2. The average Bonchev–Trinajstić information content (AvgIpc) is 1.71. The van der Waals surface area contributed by atoms with E-state index in [9.17, 15) is 52.7 Å². The lowest BCUT2D eigenvalue weighted by Crippen LogP contribution is -2.54. The predicted octanol–water partition coefficient (Wildman–Crippen LogP) is 11.3. The zero-order chi connectivity index (χ0) is 91.6. The van der Waals surface area contributed by atoms with Gasteiger partial charge in [-0.05, 0) is 241 Å². The number of piperidine rings is 6. The van der Waals surface area contributed by atoms with E-state index in [1.165, 1.54) is 27.1 Å². The molecule has 4 aliphatic carbocycles. The van der Waals surface area contributed by atoms with Gasteiger partial charge in [-0.2, -0.15) is 0 Å². The van der Waals surface area contributed by atoms with Crippen LogP contribution in [-0.2, 0) is 71.5 Å². The van der Waals surface area contributed by atoms with Crippen LogP contribution in [0.2, 0.25) is 0 Å². The van der Waals surface area contributed by atoms with E-state index in [1.807, 2.05) is 94.1 Å². The Balaban J connectivity index is 0.000000208. The number of methoxy groups -OCH3 is 2. The van der Waals surface area contributed by atoms with E-state index < -0.39 is 16.8 Å². The van der Waals surface area contributed by atoms with Crippen LogP contribution in [-0.4, -0.2) is 355 Å². The summed E-state index contributed by atoms with van der Waals surface area (Å²) in [4.78, 5) is 149. The molecule has 10 fully saturated rings. The summed E-state index contributed by atoms with van der Waals surface area (Å²) in [6.45, 7) is 30.0. The average molecular weight is 1880 g/mol. The number of alkyl halides is 6. The first-order chi connectivity index (χ1) is 59.6. The number of hydrogen-bond donors (Lipinski definition) is 3. The minimum absolute atomic E-state index is 0.00361. The van der Waals surface area contributed by atoms with E-state index >= 15 is 0 Å². The minimum atomic E-state index is -0.534. The summed E-state index contributed by atoms with van der Waals surface area (Å²) in [5.41, 5.74) is 1.74. The smallest absolute Gasteiger partial charge is 0.410 e. The second-order valence-electron chi connectivity index (χ2n) is 36.6. The largest absolute Gasteiger partial charge is 0.466 e. The Morgan fingerprint density at radius 3 is 0.792 bits per heavy atom. The maximum atomic E-state index is 12.4. The summed E-state index contributed by atoms with van der Waals surface area (Å²) in [5, 5.41) is 9.94.